The molecule has 0 unspecified atom stereocenters. The predicted octanol–water partition coefficient (Wildman–Crippen LogP) is 3.73. The maximum atomic E-state index is 13.4. The molecule has 0 atom stereocenters. The fourth-order valence-electron chi connectivity index (χ4n) is 3.22. The van der Waals surface area contributed by atoms with E-state index in [2.05, 4.69) is 25.9 Å². The fourth-order valence-corrected chi connectivity index (χ4v) is 3.60. The van der Waals surface area contributed by atoms with Crippen LogP contribution in [0.15, 0.2) is 46.9 Å². The van der Waals surface area contributed by atoms with Gasteiger partial charge in [0.25, 0.3) is 5.91 Å². The molecular formula is C21H20BrN3O3. The number of benzene rings is 2. The first-order valence-electron chi connectivity index (χ1n) is 9.03. The van der Waals surface area contributed by atoms with Crippen LogP contribution in [0.4, 0.5) is 0 Å². The van der Waals surface area contributed by atoms with E-state index in [1.54, 1.807) is 12.0 Å². The molecule has 1 N–H and O–H groups in total. The van der Waals surface area contributed by atoms with Crippen LogP contribution in [-0.4, -0.2) is 54.2 Å². The van der Waals surface area contributed by atoms with Gasteiger partial charge in [0.2, 0.25) is 0 Å². The summed E-state index contributed by atoms with van der Waals surface area (Å²) < 4.78 is 11.8. The van der Waals surface area contributed by atoms with Gasteiger partial charge in [0, 0.05) is 23.1 Å². The minimum absolute atomic E-state index is 0.0793. The van der Waals surface area contributed by atoms with E-state index in [-0.39, 0.29) is 5.91 Å². The summed E-state index contributed by atoms with van der Waals surface area (Å²) in [6, 6.07) is 13.4. The fraction of sp³-hybridized carbons (Fsp3) is 0.238. The van der Waals surface area contributed by atoms with E-state index in [0.29, 0.717) is 43.5 Å². The summed E-state index contributed by atoms with van der Waals surface area (Å²) in [5.41, 5.74) is 3.00. The summed E-state index contributed by atoms with van der Waals surface area (Å²) in [4.78, 5) is 23.1. The highest BCUT2D eigenvalue weighted by molar-refractivity contribution is 9.10. The van der Waals surface area contributed by atoms with Gasteiger partial charge in [-0.05, 0) is 36.4 Å². The molecule has 2 heterocycles. The Morgan fingerprint density at radius 3 is 2.79 bits per heavy atom. The SMILES string of the molecule is COc1ccc(Br)cc1C=C(C(=O)N1CCOCC1)c1nc2ccccc2[nH]1. The van der Waals surface area contributed by atoms with Gasteiger partial charge in [-0.1, -0.05) is 28.1 Å². The topological polar surface area (TPSA) is 67.4 Å². The lowest BCUT2D eigenvalue weighted by molar-refractivity contribution is -0.128. The maximum absolute atomic E-state index is 13.4. The minimum atomic E-state index is -0.0793. The number of aromatic nitrogens is 2. The number of ether oxygens (including phenoxy) is 2. The number of methoxy groups -OCH3 is 1. The summed E-state index contributed by atoms with van der Waals surface area (Å²) in [5, 5.41) is 0. The quantitative estimate of drug-likeness (QED) is 0.626. The van der Waals surface area contributed by atoms with Crippen LogP contribution in [0.1, 0.15) is 11.4 Å². The van der Waals surface area contributed by atoms with Crippen LogP contribution in [0.25, 0.3) is 22.7 Å². The number of H-pyrrole nitrogens is 1. The first-order chi connectivity index (χ1) is 13.7. The van der Waals surface area contributed by atoms with E-state index in [4.69, 9.17) is 9.47 Å². The van der Waals surface area contributed by atoms with Crippen LogP contribution in [0.5, 0.6) is 5.75 Å². The van der Waals surface area contributed by atoms with Crippen LogP contribution < -0.4 is 4.74 Å². The smallest absolute Gasteiger partial charge is 0.257 e. The third kappa shape index (κ3) is 3.81. The van der Waals surface area contributed by atoms with E-state index < -0.39 is 0 Å². The molecule has 1 amide bonds. The van der Waals surface area contributed by atoms with E-state index in [0.717, 1.165) is 21.1 Å². The van der Waals surface area contributed by atoms with Crippen molar-refractivity contribution in [2.24, 2.45) is 0 Å². The molecule has 1 aromatic heterocycles. The van der Waals surface area contributed by atoms with Gasteiger partial charge in [0.15, 0.2) is 0 Å². The standard InChI is InChI=1S/C21H20BrN3O3/c1-27-19-7-6-15(22)12-14(19)13-16(21(26)25-8-10-28-11-9-25)20-23-17-4-2-3-5-18(17)24-20/h2-7,12-13H,8-11H2,1H3,(H,23,24). The molecule has 28 heavy (non-hydrogen) atoms. The van der Waals surface area contributed by atoms with Gasteiger partial charge in [-0.15, -0.1) is 0 Å². The van der Waals surface area contributed by atoms with E-state index in [1.807, 2.05) is 48.5 Å². The lowest BCUT2D eigenvalue weighted by Gasteiger charge is -2.27. The number of carbonyl (C=O) groups is 1. The van der Waals surface area contributed by atoms with E-state index in [1.165, 1.54) is 0 Å². The number of fused-ring (bicyclic) bond motifs is 1. The Morgan fingerprint density at radius 1 is 1.25 bits per heavy atom. The molecule has 144 valence electrons. The normalized spacial score (nSPS) is 15.1. The molecule has 1 fully saturated rings. The van der Waals surface area contributed by atoms with Gasteiger partial charge in [-0.2, -0.15) is 0 Å². The summed E-state index contributed by atoms with van der Waals surface area (Å²) in [5.74, 6) is 1.15. The molecular weight excluding hydrogens is 422 g/mol. The van der Waals surface area contributed by atoms with Crippen LogP contribution in [0.2, 0.25) is 0 Å². The molecule has 1 saturated heterocycles. The summed E-state index contributed by atoms with van der Waals surface area (Å²) in [7, 11) is 1.62. The molecule has 2 aromatic carbocycles. The Kier molecular flexibility index (Phi) is 5.45. The van der Waals surface area contributed by atoms with Gasteiger partial charge in [0.05, 0.1) is 36.9 Å². The van der Waals surface area contributed by atoms with Crippen molar-refractivity contribution in [3.63, 3.8) is 0 Å². The zero-order valence-corrected chi connectivity index (χ0v) is 17.0. The molecule has 1 aliphatic rings. The number of nitrogens with one attached hydrogen (secondary N) is 1. The second kappa shape index (κ2) is 8.16. The molecule has 0 radical (unpaired) electrons. The first-order valence-corrected chi connectivity index (χ1v) is 9.82. The first kappa shape index (κ1) is 18.7. The van der Waals surface area contributed by atoms with Crippen molar-refractivity contribution in [1.29, 1.82) is 0 Å². The third-order valence-electron chi connectivity index (χ3n) is 4.66. The van der Waals surface area contributed by atoms with Crippen LogP contribution in [0.3, 0.4) is 0 Å². The molecule has 1 aliphatic heterocycles. The second-order valence-corrected chi connectivity index (χ2v) is 7.37. The number of nitrogens with zero attached hydrogens (tertiary/aromatic N) is 2. The highest BCUT2D eigenvalue weighted by Crippen LogP contribution is 2.29. The molecule has 7 heteroatoms. The largest absolute Gasteiger partial charge is 0.496 e. The van der Waals surface area contributed by atoms with Crippen LogP contribution in [0, 0.1) is 0 Å². The van der Waals surface area contributed by atoms with Crippen molar-refractivity contribution < 1.29 is 14.3 Å². The van der Waals surface area contributed by atoms with Gasteiger partial charge in [-0.3, -0.25) is 4.79 Å². The number of hydrogen-bond acceptors (Lipinski definition) is 4. The molecule has 6 nitrogen and oxygen atoms in total. The Bertz CT molecular complexity index is 1010. The van der Waals surface area contributed by atoms with E-state index >= 15 is 0 Å². The van der Waals surface area contributed by atoms with Gasteiger partial charge < -0.3 is 19.4 Å². The predicted molar refractivity (Wildman–Crippen MR) is 112 cm³/mol. The molecule has 4 rings (SSSR count). The average Bonchev–Trinajstić information content (AvgIpc) is 3.16. The third-order valence-corrected chi connectivity index (χ3v) is 5.16. The monoisotopic (exact) mass is 441 g/mol. The summed E-state index contributed by atoms with van der Waals surface area (Å²) >= 11 is 3.49. The number of imidazole rings is 1. The number of amides is 1. The summed E-state index contributed by atoms with van der Waals surface area (Å²) in [6.45, 7) is 2.21. The molecule has 3 aromatic rings. The van der Waals surface area contributed by atoms with Gasteiger partial charge >= 0.3 is 0 Å². The molecule has 0 bridgehead atoms. The Labute approximate surface area is 171 Å². The van der Waals surface area contributed by atoms with Crippen LogP contribution >= 0.6 is 15.9 Å². The highest BCUT2D eigenvalue weighted by atomic mass is 79.9. The van der Waals surface area contributed by atoms with Crippen molar-refractivity contribution in [2.75, 3.05) is 33.4 Å². The number of aromatic amines is 1. The van der Waals surface area contributed by atoms with Crippen molar-refractivity contribution in [3.05, 3.63) is 58.3 Å². The molecule has 0 aliphatic carbocycles. The number of hydrogen-bond donors (Lipinski definition) is 1. The van der Waals surface area contributed by atoms with Crippen molar-refractivity contribution in [1.82, 2.24) is 14.9 Å². The number of morpholine rings is 1. The lowest BCUT2D eigenvalue weighted by Crippen LogP contribution is -2.41. The average molecular weight is 442 g/mol. The highest BCUT2D eigenvalue weighted by Gasteiger charge is 2.24. The lowest BCUT2D eigenvalue weighted by atomic mass is 10.1. The number of rotatable bonds is 4. The zero-order chi connectivity index (χ0) is 19.5. The number of halogens is 1. The maximum Gasteiger partial charge on any atom is 0.257 e. The summed E-state index contributed by atoms with van der Waals surface area (Å²) in [6.07, 6.45) is 1.83. The zero-order valence-electron chi connectivity index (χ0n) is 15.4. The number of carbonyl (C=O) groups excluding carboxylic acids is 1. The van der Waals surface area contributed by atoms with Gasteiger partial charge in [-0.25, -0.2) is 4.98 Å². The van der Waals surface area contributed by atoms with Crippen molar-refractivity contribution in [3.8, 4) is 5.75 Å². The number of para-hydroxylation sites is 2. The Morgan fingerprint density at radius 2 is 2.04 bits per heavy atom. The van der Waals surface area contributed by atoms with Crippen molar-refractivity contribution in [2.45, 2.75) is 0 Å². The Balaban J connectivity index is 1.83. The molecule has 0 saturated carbocycles. The van der Waals surface area contributed by atoms with Gasteiger partial charge in [0.1, 0.15) is 11.6 Å². The molecule has 0 spiro atoms. The van der Waals surface area contributed by atoms with Crippen molar-refractivity contribution >= 4 is 44.5 Å². The van der Waals surface area contributed by atoms with Crippen LogP contribution in [-0.2, 0) is 9.53 Å². The Hall–Kier alpha value is -2.64. The second-order valence-electron chi connectivity index (χ2n) is 6.45. The van der Waals surface area contributed by atoms with E-state index in [9.17, 15) is 4.79 Å². The minimum Gasteiger partial charge on any atom is -0.496 e.